The highest BCUT2D eigenvalue weighted by molar-refractivity contribution is 4.70. The monoisotopic (exact) mass is 202 g/mol. The van der Waals surface area contributed by atoms with Crippen LogP contribution < -0.4 is 0 Å². The lowest BCUT2D eigenvalue weighted by molar-refractivity contribution is -0.139. The molecule has 1 aliphatic heterocycles. The van der Waals surface area contributed by atoms with Crippen LogP contribution in [0.25, 0.3) is 0 Å². The first kappa shape index (κ1) is 12.0. The Labute approximate surface area is 86.4 Å². The van der Waals surface area contributed by atoms with E-state index in [0.717, 1.165) is 25.9 Å². The topological polar surface area (TPSA) is 38.7 Å². The number of unbranched alkanes of at least 4 members (excludes halogenated alkanes) is 3. The van der Waals surface area contributed by atoms with Crippen LogP contribution in [0.2, 0.25) is 0 Å². The van der Waals surface area contributed by atoms with E-state index in [1.54, 1.807) is 0 Å². The molecule has 1 N–H and O–H groups in total. The molecule has 0 aromatic carbocycles. The van der Waals surface area contributed by atoms with Gasteiger partial charge >= 0.3 is 0 Å². The smallest absolute Gasteiger partial charge is 0.163 e. The average Bonchev–Trinajstić information content (AvgIpc) is 2.45. The lowest BCUT2D eigenvalue weighted by Crippen LogP contribution is -2.21. The van der Waals surface area contributed by atoms with Crippen molar-refractivity contribution in [1.82, 2.24) is 0 Å². The van der Waals surface area contributed by atoms with Crippen molar-refractivity contribution in [3.8, 4) is 0 Å². The minimum absolute atomic E-state index is 0.277. The van der Waals surface area contributed by atoms with E-state index in [1.807, 2.05) is 13.8 Å². The van der Waals surface area contributed by atoms with Crippen LogP contribution in [0.1, 0.15) is 46.0 Å². The van der Waals surface area contributed by atoms with Crippen LogP contribution in [-0.4, -0.2) is 30.2 Å². The van der Waals surface area contributed by atoms with Crippen LogP contribution in [0.5, 0.6) is 0 Å². The molecule has 1 saturated heterocycles. The van der Waals surface area contributed by atoms with Crippen LogP contribution in [0.3, 0.4) is 0 Å². The molecule has 0 aliphatic carbocycles. The van der Waals surface area contributed by atoms with Gasteiger partial charge in [0.2, 0.25) is 0 Å². The molecule has 1 unspecified atom stereocenters. The van der Waals surface area contributed by atoms with Crippen molar-refractivity contribution in [2.75, 3.05) is 13.2 Å². The fraction of sp³-hybridized carbons (Fsp3) is 1.00. The Morgan fingerprint density at radius 1 is 1.21 bits per heavy atom. The molecule has 3 nitrogen and oxygen atoms in total. The molecule has 0 amide bonds. The Kier molecular flexibility index (Phi) is 4.85. The number of hydrogen-bond donors (Lipinski definition) is 1. The van der Waals surface area contributed by atoms with Crippen molar-refractivity contribution in [1.29, 1.82) is 0 Å². The van der Waals surface area contributed by atoms with Gasteiger partial charge in [0, 0.05) is 6.61 Å². The Morgan fingerprint density at radius 2 is 1.93 bits per heavy atom. The predicted octanol–water partition coefficient (Wildman–Crippen LogP) is 2.08. The summed E-state index contributed by atoms with van der Waals surface area (Å²) in [6, 6.07) is 0. The van der Waals surface area contributed by atoms with Gasteiger partial charge < -0.3 is 14.6 Å². The standard InChI is InChI=1S/C11H22O3/c1-11(2)13-9-10(14-11)7-5-3-4-6-8-12/h10,12H,3-9H2,1-2H3. The summed E-state index contributed by atoms with van der Waals surface area (Å²) in [4.78, 5) is 0. The molecule has 0 radical (unpaired) electrons. The van der Waals surface area contributed by atoms with Gasteiger partial charge in [-0.1, -0.05) is 19.3 Å². The number of hydrogen-bond acceptors (Lipinski definition) is 3. The maximum absolute atomic E-state index is 8.60. The predicted molar refractivity (Wildman–Crippen MR) is 55.1 cm³/mol. The quantitative estimate of drug-likeness (QED) is 0.670. The lowest BCUT2D eigenvalue weighted by Gasteiger charge is -2.16. The van der Waals surface area contributed by atoms with Gasteiger partial charge in [0.05, 0.1) is 12.7 Å². The Balaban J connectivity index is 1.98. The third kappa shape index (κ3) is 4.40. The van der Waals surface area contributed by atoms with Crippen LogP contribution in [0.15, 0.2) is 0 Å². The van der Waals surface area contributed by atoms with Gasteiger partial charge in [0.15, 0.2) is 5.79 Å². The van der Waals surface area contributed by atoms with E-state index in [-0.39, 0.29) is 11.9 Å². The summed E-state index contributed by atoms with van der Waals surface area (Å²) in [6.07, 6.45) is 5.75. The largest absolute Gasteiger partial charge is 0.396 e. The molecule has 14 heavy (non-hydrogen) atoms. The molecule has 1 aliphatic rings. The molecule has 1 fully saturated rings. The number of rotatable bonds is 6. The minimum Gasteiger partial charge on any atom is -0.396 e. The van der Waals surface area contributed by atoms with Gasteiger partial charge in [0.1, 0.15) is 0 Å². The van der Waals surface area contributed by atoms with Crippen molar-refractivity contribution in [2.45, 2.75) is 57.8 Å². The van der Waals surface area contributed by atoms with E-state index in [4.69, 9.17) is 14.6 Å². The van der Waals surface area contributed by atoms with E-state index < -0.39 is 0 Å². The summed E-state index contributed by atoms with van der Waals surface area (Å²) >= 11 is 0. The fourth-order valence-electron chi connectivity index (χ4n) is 1.74. The maximum Gasteiger partial charge on any atom is 0.163 e. The first-order chi connectivity index (χ1) is 6.64. The summed E-state index contributed by atoms with van der Waals surface area (Å²) in [5, 5.41) is 8.60. The van der Waals surface area contributed by atoms with Gasteiger partial charge in [-0.2, -0.15) is 0 Å². The molecule has 0 saturated carbocycles. The molecular weight excluding hydrogens is 180 g/mol. The molecule has 0 spiro atoms. The van der Waals surface area contributed by atoms with Gasteiger partial charge in [-0.25, -0.2) is 0 Å². The van der Waals surface area contributed by atoms with Gasteiger partial charge in [-0.05, 0) is 26.7 Å². The highest BCUT2D eigenvalue weighted by Crippen LogP contribution is 2.25. The molecule has 0 aromatic rings. The minimum atomic E-state index is -0.379. The third-order valence-corrected chi connectivity index (χ3v) is 2.50. The fourth-order valence-corrected chi connectivity index (χ4v) is 1.74. The number of ether oxygens (including phenoxy) is 2. The van der Waals surface area contributed by atoms with Gasteiger partial charge in [-0.15, -0.1) is 0 Å². The first-order valence-corrected chi connectivity index (χ1v) is 5.57. The summed E-state index contributed by atoms with van der Waals surface area (Å²) in [6.45, 7) is 4.96. The zero-order valence-corrected chi connectivity index (χ0v) is 9.29. The lowest BCUT2D eigenvalue weighted by atomic mass is 10.1. The maximum atomic E-state index is 8.60. The summed E-state index contributed by atoms with van der Waals surface area (Å²) < 4.78 is 11.2. The summed E-state index contributed by atoms with van der Waals surface area (Å²) in [5.74, 6) is -0.379. The molecule has 84 valence electrons. The van der Waals surface area contributed by atoms with Crippen molar-refractivity contribution in [3.05, 3.63) is 0 Å². The Hall–Kier alpha value is -0.120. The second-order valence-electron chi connectivity index (χ2n) is 4.38. The summed E-state index contributed by atoms with van der Waals surface area (Å²) in [5.41, 5.74) is 0. The SMILES string of the molecule is CC1(C)OCC(CCCCCCO)O1. The normalized spacial score (nSPS) is 25.5. The summed E-state index contributed by atoms with van der Waals surface area (Å²) in [7, 11) is 0. The van der Waals surface area contributed by atoms with Crippen LogP contribution >= 0.6 is 0 Å². The number of aliphatic hydroxyl groups is 1. The Bertz CT molecular complexity index is 157. The molecule has 1 heterocycles. The molecule has 0 bridgehead atoms. The number of aliphatic hydroxyl groups excluding tert-OH is 1. The van der Waals surface area contributed by atoms with Gasteiger partial charge in [-0.3, -0.25) is 0 Å². The average molecular weight is 202 g/mol. The second kappa shape index (κ2) is 5.69. The highest BCUT2D eigenvalue weighted by Gasteiger charge is 2.31. The van der Waals surface area contributed by atoms with E-state index in [2.05, 4.69) is 0 Å². The molecule has 0 aromatic heterocycles. The van der Waals surface area contributed by atoms with Crippen molar-refractivity contribution >= 4 is 0 Å². The van der Waals surface area contributed by atoms with E-state index >= 15 is 0 Å². The van der Waals surface area contributed by atoms with Crippen LogP contribution in [0, 0.1) is 0 Å². The van der Waals surface area contributed by atoms with Crippen molar-refractivity contribution in [3.63, 3.8) is 0 Å². The van der Waals surface area contributed by atoms with E-state index in [9.17, 15) is 0 Å². The van der Waals surface area contributed by atoms with Crippen LogP contribution in [0.4, 0.5) is 0 Å². The van der Waals surface area contributed by atoms with E-state index in [0.29, 0.717) is 6.61 Å². The second-order valence-corrected chi connectivity index (χ2v) is 4.38. The Morgan fingerprint density at radius 3 is 2.50 bits per heavy atom. The zero-order chi connectivity index (χ0) is 10.4. The van der Waals surface area contributed by atoms with E-state index in [1.165, 1.54) is 12.8 Å². The zero-order valence-electron chi connectivity index (χ0n) is 9.29. The van der Waals surface area contributed by atoms with Crippen molar-refractivity contribution in [2.24, 2.45) is 0 Å². The third-order valence-electron chi connectivity index (χ3n) is 2.50. The highest BCUT2D eigenvalue weighted by atomic mass is 16.7. The van der Waals surface area contributed by atoms with Gasteiger partial charge in [0.25, 0.3) is 0 Å². The molecule has 1 atom stereocenters. The van der Waals surface area contributed by atoms with Crippen LogP contribution in [-0.2, 0) is 9.47 Å². The molecular formula is C11H22O3. The molecule has 1 rings (SSSR count). The molecule has 3 heteroatoms. The first-order valence-electron chi connectivity index (χ1n) is 5.57. The van der Waals surface area contributed by atoms with Crippen molar-refractivity contribution < 1.29 is 14.6 Å².